The number of carbonyl (C=O) groups excluding carboxylic acids is 1. The number of aromatic nitrogens is 8. The average Bonchev–Trinajstić information content (AvgIpc) is 3.84. The fourth-order valence-corrected chi connectivity index (χ4v) is 6.03. The molecule has 1 amide bonds. The van der Waals surface area contributed by atoms with Crippen LogP contribution in [0.3, 0.4) is 0 Å². The number of nitrogens with zero attached hydrogens (tertiary/aromatic N) is 8. The second kappa shape index (κ2) is 14.4. The monoisotopic (exact) mass is 687 g/mol. The Kier molecular flexibility index (Phi) is 9.85. The van der Waals surface area contributed by atoms with Gasteiger partial charge in [0.2, 0.25) is 11.9 Å². The molecule has 1 saturated heterocycles. The molecule has 0 aliphatic carbocycles. The van der Waals surface area contributed by atoms with Gasteiger partial charge >= 0.3 is 5.69 Å². The van der Waals surface area contributed by atoms with E-state index in [4.69, 9.17) is 19.9 Å². The molecule has 0 saturated carbocycles. The Morgan fingerprint density at radius 3 is 2.60 bits per heavy atom. The van der Waals surface area contributed by atoms with Gasteiger partial charge in [0.05, 0.1) is 20.0 Å². The Morgan fingerprint density at radius 1 is 1.06 bits per heavy atom. The summed E-state index contributed by atoms with van der Waals surface area (Å²) in [6, 6.07) is 5.50. The van der Waals surface area contributed by atoms with E-state index >= 15 is 0 Å². The molecule has 0 spiro atoms. The molecule has 6 rings (SSSR count). The lowest BCUT2D eigenvalue weighted by molar-refractivity contribution is -0.133. The summed E-state index contributed by atoms with van der Waals surface area (Å²) in [6.45, 7) is 7.31. The number of nitrogen functional groups attached to an aromatic ring is 1. The van der Waals surface area contributed by atoms with E-state index in [9.17, 15) is 14.4 Å². The first kappa shape index (κ1) is 34.2. The molecule has 0 unspecified atom stereocenters. The molecule has 0 bridgehead atoms. The van der Waals surface area contributed by atoms with Crippen LogP contribution in [0.5, 0.6) is 11.5 Å². The van der Waals surface area contributed by atoms with Crippen LogP contribution in [0.25, 0.3) is 34.5 Å². The number of likely N-dealkylation sites (N-methyl/N-ethyl adjacent to an activating group) is 1. The summed E-state index contributed by atoms with van der Waals surface area (Å²) >= 11 is 0. The average molecular weight is 688 g/mol. The Hall–Kier alpha value is -5.71. The zero-order valence-corrected chi connectivity index (χ0v) is 28.7. The number of hydrogen-bond donors (Lipinski definition) is 3. The van der Waals surface area contributed by atoms with Gasteiger partial charge in [-0.1, -0.05) is 12.1 Å². The molecule has 5 heterocycles. The number of carbonyl (C=O) groups is 1. The maximum Gasteiger partial charge on any atom is 0.332 e. The number of anilines is 2. The quantitative estimate of drug-likeness (QED) is 0.153. The molecule has 2 atom stereocenters. The Morgan fingerprint density at radius 2 is 1.86 bits per heavy atom. The minimum absolute atomic E-state index is 0.133. The predicted octanol–water partition coefficient (Wildman–Crippen LogP) is 2.14. The second-order valence-electron chi connectivity index (χ2n) is 11.6. The SMILES string of the molecule is CCNC(=O)[C@@H]1CC[C@H](n2cnc3c(N)nc(NCCOc4ccc(/C=C/c5nc6c(c(=O)n(CC)c(=O)n6CC)n5C)cc4OC)nc32)O1. The Bertz CT molecular complexity index is 2200. The van der Waals surface area contributed by atoms with Crippen molar-refractivity contribution in [1.82, 2.24) is 43.5 Å². The Balaban J connectivity index is 1.11. The molecule has 1 fully saturated rings. The van der Waals surface area contributed by atoms with Crippen molar-refractivity contribution in [2.75, 3.05) is 37.9 Å². The van der Waals surface area contributed by atoms with E-state index in [-0.39, 0.29) is 36.1 Å². The summed E-state index contributed by atoms with van der Waals surface area (Å²) in [7, 11) is 3.32. The number of amides is 1. The van der Waals surface area contributed by atoms with Gasteiger partial charge in [-0.25, -0.2) is 14.8 Å². The lowest BCUT2D eigenvalue weighted by atomic mass is 10.2. The van der Waals surface area contributed by atoms with Crippen LogP contribution in [0.2, 0.25) is 0 Å². The minimum atomic E-state index is -0.529. The third-order valence-corrected chi connectivity index (χ3v) is 8.56. The first-order valence-corrected chi connectivity index (χ1v) is 16.5. The number of aryl methyl sites for hydroxylation is 2. The first-order valence-electron chi connectivity index (χ1n) is 16.5. The molecule has 50 heavy (non-hydrogen) atoms. The second-order valence-corrected chi connectivity index (χ2v) is 11.6. The number of hydrogen-bond acceptors (Lipinski definition) is 12. The van der Waals surface area contributed by atoms with Crippen LogP contribution in [-0.4, -0.2) is 77.0 Å². The van der Waals surface area contributed by atoms with Crippen molar-refractivity contribution in [1.29, 1.82) is 0 Å². The molecule has 1 aliphatic rings. The summed E-state index contributed by atoms with van der Waals surface area (Å²) in [4.78, 5) is 56.0. The van der Waals surface area contributed by atoms with Crippen molar-refractivity contribution in [3.8, 4) is 11.5 Å². The van der Waals surface area contributed by atoms with Crippen LogP contribution in [0.4, 0.5) is 11.8 Å². The van der Waals surface area contributed by atoms with E-state index in [1.165, 1.54) is 9.13 Å². The number of methoxy groups -OCH3 is 1. The lowest BCUT2D eigenvalue weighted by Gasteiger charge is -2.15. The molecule has 1 aliphatic heterocycles. The molecule has 4 N–H and O–H groups in total. The normalized spacial score (nSPS) is 16.1. The summed E-state index contributed by atoms with van der Waals surface area (Å²) in [6.07, 6.45) is 5.53. The van der Waals surface area contributed by atoms with E-state index < -0.39 is 12.3 Å². The van der Waals surface area contributed by atoms with Gasteiger partial charge in [0, 0.05) is 26.7 Å². The van der Waals surface area contributed by atoms with Crippen LogP contribution in [-0.2, 0) is 29.7 Å². The largest absolute Gasteiger partial charge is 0.493 e. The summed E-state index contributed by atoms with van der Waals surface area (Å²) in [5.74, 6) is 1.98. The molecule has 1 aromatic carbocycles. The van der Waals surface area contributed by atoms with Gasteiger partial charge in [-0.3, -0.25) is 23.3 Å². The van der Waals surface area contributed by atoms with Crippen molar-refractivity contribution < 1.29 is 19.0 Å². The molecule has 17 heteroatoms. The highest BCUT2D eigenvalue weighted by Gasteiger charge is 2.32. The van der Waals surface area contributed by atoms with E-state index in [0.29, 0.717) is 78.1 Å². The van der Waals surface area contributed by atoms with Crippen molar-refractivity contribution in [2.24, 2.45) is 7.05 Å². The zero-order chi connectivity index (χ0) is 35.5. The highest BCUT2D eigenvalue weighted by atomic mass is 16.5. The number of nitrogens with one attached hydrogen (secondary N) is 2. The fraction of sp³-hybridized carbons (Fsp3) is 0.424. The smallest absolute Gasteiger partial charge is 0.332 e. The number of fused-ring (bicyclic) bond motifs is 2. The number of nitrogens with two attached hydrogens (primary N) is 1. The highest BCUT2D eigenvalue weighted by molar-refractivity contribution is 5.83. The van der Waals surface area contributed by atoms with Gasteiger partial charge in [0.15, 0.2) is 34.1 Å². The third kappa shape index (κ3) is 6.38. The molecule has 264 valence electrons. The highest BCUT2D eigenvalue weighted by Crippen LogP contribution is 2.32. The Labute approximate surface area is 286 Å². The third-order valence-electron chi connectivity index (χ3n) is 8.56. The molecular weight excluding hydrogens is 646 g/mol. The number of rotatable bonds is 13. The molecule has 5 aromatic rings. The van der Waals surface area contributed by atoms with E-state index in [2.05, 4.69) is 30.6 Å². The maximum absolute atomic E-state index is 13.0. The molecule has 17 nitrogen and oxygen atoms in total. The van der Waals surface area contributed by atoms with Gasteiger partial charge in [0.25, 0.3) is 5.56 Å². The van der Waals surface area contributed by atoms with Gasteiger partial charge in [-0.05, 0) is 57.4 Å². The minimum Gasteiger partial charge on any atom is -0.493 e. The maximum atomic E-state index is 13.0. The molecular formula is C33H41N11O6. The van der Waals surface area contributed by atoms with Crippen molar-refractivity contribution in [3.05, 3.63) is 56.8 Å². The topological polar surface area (TPSA) is 200 Å². The number of imidazole rings is 2. The fourth-order valence-electron chi connectivity index (χ4n) is 6.03. The number of ether oxygens (including phenoxy) is 3. The van der Waals surface area contributed by atoms with Crippen LogP contribution in [0.1, 0.15) is 51.2 Å². The predicted molar refractivity (Wildman–Crippen MR) is 188 cm³/mol. The standard InChI is InChI=1S/C33H41N11O6/c1-6-35-30(45)21-12-14-24(50-21)44-18-37-25-27(34)39-32(40-28(25)44)36-15-16-49-20-11-9-19(17-22(20)48-5)10-13-23-38-29-26(41(23)4)31(46)43(8-3)33(47)42(29)7-2/h9-11,13,17-18,21,24H,6-8,12,14-16H2,1-5H3,(H,35,45)(H3,34,36,39,40)/b13-10+/t21-,24+/m0/s1. The number of benzene rings is 1. The van der Waals surface area contributed by atoms with Gasteiger partial charge in [-0.15, -0.1) is 0 Å². The van der Waals surface area contributed by atoms with Gasteiger partial charge in [-0.2, -0.15) is 9.97 Å². The van der Waals surface area contributed by atoms with E-state index in [1.807, 2.05) is 32.1 Å². The summed E-state index contributed by atoms with van der Waals surface area (Å²) in [5, 5.41) is 5.94. The van der Waals surface area contributed by atoms with E-state index in [0.717, 1.165) is 5.56 Å². The van der Waals surface area contributed by atoms with Crippen LogP contribution in [0, 0.1) is 0 Å². The zero-order valence-electron chi connectivity index (χ0n) is 28.7. The first-order chi connectivity index (χ1) is 24.2. The summed E-state index contributed by atoms with van der Waals surface area (Å²) in [5.41, 5.74) is 7.97. The van der Waals surface area contributed by atoms with Crippen LogP contribution in [0.15, 0.2) is 34.1 Å². The van der Waals surface area contributed by atoms with E-state index in [1.54, 1.807) is 48.7 Å². The van der Waals surface area contributed by atoms with Crippen molar-refractivity contribution in [3.63, 3.8) is 0 Å². The lowest BCUT2D eigenvalue weighted by Crippen LogP contribution is -2.39. The van der Waals surface area contributed by atoms with Crippen LogP contribution >= 0.6 is 0 Å². The van der Waals surface area contributed by atoms with Crippen LogP contribution < -0.4 is 37.1 Å². The van der Waals surface area contributed by atoms with Gasteiger partial charge in [0.1, 0.15) is 30.3 Å². The molecule has 0 radical (unpaired) electrons. The van der Waals surface area contributed by atoms with Crippen molar-refractivity contribution >= 4 is 52.2 Å². The molecule has 4 aromatic heterocycles. The summed E-state index contributed by atoms with van der Waals surface area (Å²) < 4.78 is 23.8. The van der Waals surface area contributed by atoms with Crippen molar-refractivity contribution in [2.45, 2.75) is 59.0 Å². The van der Waals surface area contributed by atoms with Gasteiger partial charge < -0.3 is 35.1 Å².